The average Bonchev–Trinajstić information content (AvgIpc) is 2.97. The van der Waals surface area contributed by atoms with Crippen LogP contribution in [0.5, 0.6) is 0 Å². The lowest BCUT2D eigenvalue weighted by Crippen LogP contribution is -2.39. The average molecular weight is 288 g/mol. The van der Waals surface area contributed by atoms with Gasteiger partial charge in [-0.15, -0.1) is 5.10 Å². The van der Waals surface area contributed by atoms with Gasteiger partial charge in [0.15, 0.2) is 0 Å². The SMILES string of the molecule is CCCc1nc(C(=O)NC(CO)Cc2ccccc2)n[nH]1. The Hall–Kier alpha value is -2.21. The van der Waals surface area contributed by atoms with Crippen molar-refractivity contribution in [3.63, 3.8) is 0 Å². The third-order valence-corrected chi connectivity index (χ3v) is 3.10. The molecule has 6 heteroatoms. The minimum Gasteiger partial charge on any atom is -0.394 e. The van der Waals surface area contributed by atoms with E-state index in [2.05, 4.69) is 20.5 Å². The van der Waals surface area contributed by atoms with Gasteiger partial charge in [-0.05, 0) is 18.4 Å². The third-order valence-electron chi connectivity index (χ3n) is 3.10. The fourth-order valence-electron chi connectivity index (χ4n) is 2.06. The van der Waals surface area contributed by atoms with Crippen LogP contribution in [-0.2, 0) is 12.8 Å². The number of H-pyrrole nitrogens is 1. The van der Waals surface area contributed by atoms with E-state index in [-0.39, 0.29) is 24.4 Å². The number of aliphatic hydroxyl groups is 1. The van der Waals surface area contributed by atoms with Gasteiger partial charge in [-0.1, -0.05) is 37.3 Å². The number of aromatic amines is 1. The summed E-state index contributed by atoms with van der Waals surface area (Å²) in [6.45, 7) is 1.90. The standard InChI is InChI=1S/C15H20N4O2/c1-2-6-13-17-14(19-18-13)15(21)16-12(10-20)9-11-7-4-3-5-8-11/h3-5,7-8,12,20H,2,6,9-10H2,1H3,(H,16,21)(H,17,18,19). The molecule has 2 aromatic rings. The number of hydrogen-bond acceptors (Lipinski definition) is 4. The largest absolute Gasteiger partial charge is 0.394 e. The third kappa shape index (κ3) is 4.39. The molecule has 0 aliphatic carbocycles. The summed E-state index contributed by atoms with van der Waals surface area (Å²) in [7, 11) is 0. The van der Waals surface area contributed by atoms with E-state index in [1.807, 2.05) is 37.3 Å². The first kappa shape index (κ1) is 15.2. The summed E-state index contributed by atoms with van der Waals surface area (Å²) in [6, 6.07) is 9.35. The van der Waals surface area contributed by atoms with Gasteiger partial charge in [0.2, 0.25) is 5.82 Å². The Bertz CT molecular complexity index is 568. The normalized spacial score (nSPS) is 12.1. The number of benzene rings is 1. The molecule has 0 aliphatic heterocycles. The van der Waals surface area contributed by atoms with Crippen LogP contribution in [0.2, 0.25) is 0 Å². The molecular weight excluding hydrogens is 268 g/mol. The molecule has 6 nitrogen and oxygen atoms in total. The van der Waals surface area contributed by atoms with Crippen LogP contribution in [0.3, 0.4) is 0 Å². The van der Waals surface area contributed by atoms with Gasteiger partial charge in [0.25, 0.3) is 5.91 Å². The monoisotopic (exact) mass is 288 g/mol. The number of carbonyl (C=O) groups excluding carboxylic acids is 1. The first-order chi connectivity index (χ1) is 10.2. The van der Waals surface area contributed by atoms with E-state index in [0.717, 1.165) is 18.4 Å². The first-order valence-corrected chi connectivity index (χ1v) is 7.09. The number of rotatable bonds is 7. The maximum atomic E-state index is 12.1. The molecular formula is C15H20N4O2. The number of nitrogens with zero attached hydrogens (tertiary/aromatic N) is 2. The molecule has 21 heavy (non-hydrogen) atoms. The van der Waals surface area contributed by atoms with Crippen LogP contribution in [0.25, 0.3) is 0 Å². The molecule has 1 amide bonds. The molecule has 0 saturated carbocycles. The highest BCUT2D eigenvalue weighted by Crippen LogP contribution is 2.04. The summed E-state index contributed by atoms with van der Waals surface area (Å²) in [5, 5.41) is 18.8. The van der Waals surface area contributed by atoms with Crippen LogP contribution < -0.4 is 5.32 Å². The second-order valence-electron chi connectivity index (χ2n) is 4.90. The van der Waals surface area contributed by atoms with Gasteiger partial charge in [-0.25, -0.2) is 4.98 Å². The van der Waals surface area contributed by atoms with Crippen molar-refractivity contribution in [1.29, 1.82) is 0 Å². The van der Waals surface area contributed by atoms with Crippen molar-refractivity contribution in [2.24, 2.45) is 0 Å². The minimum absolute atomic E-state index is 0.116. The molecule has 0 bridgehead atoms. The second-order valence-corrected chi connectivity index (χ2v) is 4.90. The number of aryl methyl sites for hydroxylation is 1. The summed E-state index contributed by atoms with van der Waals surface area (Å²) in [5.41, 5.74) is 1.05. The molecule has 0 saturated heterocycles. The number of hydrogen-bond donors (Lipinski definition) is 3. The second kappa shape index (κ2) is 7.54. The van der Waals surface area contributed by atoms with Gasteiger partial charge in [0, 0.05) is 6.42 Å². The Morgan fingerprint density at radius 3 is 2.81 bits per heavy atom. The number of nitrogens with one attached hydrogen (secondary N) is 2. The van der Waals surface area contributed by atoms with Crippen LogP contribution in [0, 0.1) is 0 Å². The predicted octanol–water partition coefficient (Wildman–Crippen LogP) is 1.09. The zero-order valence-corrected chi connectivity index (χ0v) is 12.0. The summed E-state index contributed by atoms with van der Waals surface area (Å²) < 4.78 is 0. The maximum Gasteiger partial charge on any atom is 0.291 e. The van der Waals surface area contributed by atoms with Gasteiger partial charge in [-0.2, -0.15) is 0 Å². The Morgan fingerprint density at radius 1 is 1.38 bits per heavy atom. The van der Waals surface area contributed by atoms with E-state index in [1.165, 1.54) is 0 Å². The summed E-state index contributed by atoms with van der Waals surface area (Å²) in [5.74, 6) is 0.444. The molecule has 1 atom stereocenters. The van der Waals surface area contributed by atoms with E-state index >= 15 is 0 Å². The summed E-state index contributed by atoms with van der Waals surface area (Å²) in [4.78, 5) is 16.2. The highest BCUT2D eigenvalue weighted by atomic mass is 16.3. The lowest BCUT2D eigenvalue weighted by atomic mass is 10.1. The Morgan fingerprint density at radius 2 is 2.14 bits per heavy atom. The molecule has 1 aromatic carbocycles. The van der Waals surface area contributed by atoms with Gasteiger partial charge < -0.3 is 10.4 Å². The molecule has 1 unspecified atom stereocenters. The van der Waals surface area contributed by atoms with Crippen molar-refractivity contribution < 1.29 is 9.90 Å². The highest BCUT2D eigenvalue weighted by Gasteiger charge is 2.17. The van der Waals surface area contributed by atoms with Crippen LogP contribution in [0.1, 0.15) is 35.4 Å². The number of aromatic nitrogens is 3. The Labute approximate surface area is 123 Å². The molecule has 2 rings (SSSR count). The molecule has 112 valence electrons. The van der Waals surface area contributed by atoms with Gasteiger partial charge in [0.1, 0.15) is 5.82 Å². The van der Waals surface area contributed by atoms with Gasteiger partial charge in [0.05, 0.1) is 12.6 Å². The molecule has 1 heterocycles. The molecule has 0 aliphatic rings. The molecule has 0 spiro atoms. The molecule has 3 N–H and O–H groups in total. The quantitative estimate of drug-likeness (QED) is 0.711. The Kier molecular flexibility index (Phi) is 5.45. The van der Waals surface area contributed by atoms with Crippen molar-refractivity contribution in [2.45, 2.75) is 32.2 Å². The topological polar surface area (TPSA) is 90.9 Å². The lowest BCUT2D eigenvalue weighted by Gasteiger charge is -2.15. The number of amides is 1. The van der Waals surface area contributed by atoms with Crippen molar-refractivity contribution >= 4 is 5.91 Å². The smallest absolute Gasteiger partial charge is 0.291 e. The summed E-state index contributed by atoms with van der Waals surface area (Å²) in [6.07, 6.45) is 2.26. The van der Waals surface area contributed by atoms with Crippen LogP contribution in [0.15, 0.2) is 30.3 Å². The first-order valence-electron chi connectivity index (χ1n) is 7.09. The highest BCUT2D eigenvalue weighted by molar-refractivity contribution is 5.90. The van der Waals surface area contributed by atoms with E-state index in [4.69, 9.17) is 0 Å². The predicted molar refractivity (Wildman–Crippen MR) is 78.9 cm³/mol. The fourth-order valence-corrected chi connectivity index (χ4v) is 2.06. The lowest BCUT2D eigenvalue weighted by molar-refractivity contribution is 0.0906. The molecule has 0 radical (unpaired) electrons. The zero-order chi connectivity index (χ0) is 15.1. The fraction of sp³-hybridized carbons (Fsp3) is 0.400. The maximum absolute atomic E-state index is 12.1. The van der Waals surface area contributed by atoms with Gasteiger partial charge in [-0.3, -0.25) is 9.89 Å². The number of carbonyl (C=O) groups is 1. The molecule has 0 fully saturated rings. The molecule has 1 aromatic heterocycles. The van der Waals surface area contributed by atoms with E-state index < -0.39 is 0 Å². The van der Waals surface area contributed by atoms with Crippen LogP contribution in [-0.4, -0.2) is 38.8 Å². The van der Waals surface area contributed by atoms with E-state index in [9.17, 15) is 9.90 Å². The van der Waals surface area contributed by atoms with Crippen LogP contribution in [0.4, 0.5) is 0 Å². The van der Waals surface area contributed by atoms with E-state index in [1.54, 1.807) is 0 Å². The van der Waals surface area contributed by atoms with Crippen LogP contribution >= 0.6 is 0 Å². The van der Waals surface area contributed by atoms with Crippen molar-refractivity contribution in [2.75, 3.05) is 6.61 Å². The van der Waals surface area contributed by atoms with E-state index in [0.29, 0.717) is 12.2 Å². The zero-order valence-electron chi connectivity index (χ0n) is 12.0. The summed E-state index contributed by atoms with van der Waals surface area (Å²) >= 11 is 0. The van der Waals surface area contributed by atoms with Crippen molar-refractivity contribution in [3.8, 4) is 0 Å². The van der Waals surface area contributed by atoms with Gasteiger partial charge >= 0.3 is 0 Å². The minimum atomic E-state index is -0.372. The Balaban J connectivity index is 1.95. The van der Waals surface area contributed by atoms with Crippen molar-refractivity contribution in [3.05, 3.63) is 47.5 Å². The number of aliphatic hydroxyl groups excluding tert-OH is 1. The van der Waals surface area contributed by atoms with Crippen molar-refractivity contribution in [1.82, 2.24) is 20.5 Å².